The van der Waals surface area contributed by atoms with Gasteiger partial charge in [-0.25, -0.2) is 0 Å². The highest BCUT2D eigenvalue weighted by atomic mass is 16.5. The summed E-state index contributed by atoms with van der Waals surface area (Å²) >= 11 is 0. The molecule has 1 aromatic heterocycles. The van der Waals surface area contributed by atoms with Crippen molar-refractivity contribution in [2.45, 2.75) is 26.7 Å². The van der Waals surface area contributed by atoms with E-state index in [4.69, 9.17) is 18.7 Å². The monoisotopic (exact) mass is 293 g/mol. The summed E-state index contributed by atoms with van der Waals surface area (Å²) in [6.45, 7) is 2.88. The Morgan fingerprint density at radius 1 is 1.24 bits per heavy atom. The molecule has 1 heterocycles. The van der Waals surface area contributed by atoms with Crippen molar-refractivity contribution in [3.63, 3.8) is 0 Å². The normalized spacial score (nSPS) is 10.6. The van der Waals surface area contributed by atoms with E-state index in [-0.39, 0.29) is 13.2 Å². The van der Waals surface area contributed by atoms with E-state index in [0.717, 1.165) is 0 Å². The fraction of sp³-hybridized carbons (Fsp3) is 0.400. The third kappa shape index (κ3) is 3.96. The van der Waals surface area contributed by atoms with Crippen LogP contribution in [0.4, 0.5) is 0 Å². The number of hydrogen-bond donors (Lipinski definition) is 1. The van der Waals surface area contributed by atoms with Crippen molar-refractivity contribution in [1.82, 2.24) is 5.16 Å². The predicted octanol–water partition coefficient (Wildman–Crippen LogP) is 2.29. The van der Waals surface area contributed by atoms with E-state index in [9.17, 15) is 5.11 Å². The van der Waals surface area contributed by atoms with Crippen LogP contribution in [-0.4, -0.2) is 24.0 Å². The zero-order valence-electron chi connectivity index (χ0n) is 12.2. The summed E-state index contributed by atoms with van der Waals surface area (Å²) in [5.74, 6) is 1.76. The lowest BCUT2D eigenvalue weighted by Crippen LogP contribution is -2.03. The maximum absolute atomic E-state index is 9.40. The molecule has 1 N–H and O–H groups in total. The second kappa shape index (κ2) is 7.66. The summed E-state index contributed by atoms with van der Waals surface area (Å²) in [6, 6.07) is 7.18. The van der Waals surface area contributed by atoms with Crippen molar-refractivity contribution in [3.05, 3.63) is 41.3 Å². The van der Waals surface area contributed by atoms with Crippen LogP contribution in [0.3, 0.4) is 0 Å². The molecule has 0 atom stereocenters. The van der Waals surface area contributed by atoms with E-state index in [2.05, 4.69) is 5.16 Å². The predicted molar refractivity (Wildman–Crippen MR) is 75.1 cm³/mol. The third-order valence-corrected chi connectivity index (χ3v) is 2.79. The van der Waals surface area contributed by atoms with Crippen LogP contribution in [0.15, 0.2) is 28.8 Å². The van der Waals surface area contributed by atoms with Crippen LogP contribution in [-0.2, 0) is 24.6 Å². The smallest absolute Gasteiger partial charge is 0.167 e. The van der Waals surface area contributed by atoms with Crippen molar-refractivity contribution in [2.24, 2.45) is 0 Å². The minimum atomic E-state index is -0.121. The average Bonchev–Trinajstić information content (AvgIpc) is 2.94. The summed E-state index contributed by atoms with van der Waals surface area (Å²) in [4.78, 5) is 0. The second-order valence-electron chi connectivity index (χ2n) is 4.34. The number of aromatic nitrogens is 1. The maximum atomic E-state index is 9.40. The lowest BCUT2D eigenvalue weighted by molar-refractivity contribution is 0.155. The highest BCUT2D eigenvalue weighted by Gasteiger charge is 2.12. The van der Waals surface area contributed by atoms with Gasteiger partial charge in [0, 0.05) is 18.7 Å². The Hall–Kier alpha value is -2.05. The number of aliphatic hydroxyl groups is 1. The highest BCUT2D eigenvalue weighted by Crippen LogP contribution is 2.32. The van der Waals surface area contributed by atoms with Gasteiger partial charge in [-0.1, -0.05) is 17.3 Å². The molecular weight excluding hydrogens is 274 g/mol. The Bertz CT molecular complexity index is 567. The van der Waals surface area contributed by atoms with Crippen LogP contribution in [0.5, 0.6) is 11.5 Å². The number of ether oxygens (including phenoxy) is 3. The maximum Gasteiger partial charge on any atom is 0.167 e. The van der Waals surface area contributed by atoms with Crippen molar-refractivity contribution in [2.75, 3.05) is 13.7 Å². The first-order valence-corrected chi connectivity index (χ1v) is 6.70. The second-order valence-corrected chi connectivity index (χ2v) is 4.34. The fourth-order valence-corrected chi connectivity index (χ4v) is 1.90. The molecule has 0 amide bonds. The van der Waals surface area contributed by atoms with Crippen LogP contribution < -0.4 is 9.47 Å². The van der Waals surface area contributed by atoms with E-state index in [1.165, 1.54) is 0 Å². The van der Waals surface area contributed by atoms with Gasteiger partial charge in [-0.05, 0) is 13.0 Å². The minimum absolute atomic E-state index is 0.121. The SMILES string of the molecule is CCOc1cccc(CO)c1OCc1cc(COC)on1. The average molecular weight is 293 g/mol. The van der Waals surface area contributed by atoms with E-state index in [1.807, 2.05) is 13.0 Å². The zero-order valence-corrected chi connectivity index (χ0v) is 12.2. The molecule has 0 aliphatic carbocycles. The Balaban J connectivity index is 2.10. The van der Waals surface area contributed by atoms with Gasteiger partial charge in [-0.15, -0.1) is 0 Å². The summed E-state index contributed by atoms with van der Waals surface area (Å²) in [5.41, 5.74) is 1.32. The number of methoxy groups -OCH3 is 1. The molecule has 1 aromatic carbocycles. The third-order valence-electron chi connectivity index (χ3n) is 2.79. The molecule has 0 radical (unpaired) electrons. The quantitative estimate of drug-likeness (QED) is 0.805. The summed E-state index contributed by atoms with van der Waals surface area (Å²) in [6.07, 6.45) is 0. The van der Waals surface area contributed by atoms with Gasteiger partial charge in [0.1, 0.15) is 18.9 Å². The Morgan fingerprint density at radius 3 is 2.81 bits per heavy atom. The zero-order chi connectivity index (χ0) is 15.1. The van der Waals surface area contributed by atoms with E-state index in [0.29, 0.717) is 41.7 Å². The van der Waals surface area contributed by atoms with Crippen LogP contribution in [0.2, 0.25) is 0 Å². The fourth-order valence-electron chi connectivity index (χ4n) is 1.90. The van der Waals surface area contributed by atoms with Crippen molar-refractivity contribution in [1.29, 1.82) is 0 Å². The molecule has 2 rings (SSSR count). The van der Waals surface area contributed by atoms with Crippen molar-refractivity contribution < 1.29 is 23.8 Å². The van der Waals surface area contributed by atoms with Gasteiger partial charge in [0.15, 0.2) is 17.3 Å². The molecule has 21 heavy (non-hydrogen) atoms. The largest absolute Gasteiger partial charge is 0.490 e. The number of rotatable bonds is 8. The minimum Gasteiger partial charge on any atom is -0.490 e. The first-order valence-electron chi connectivity index (χ1n) is 6.70. The molecular formula is C15H19NO5. The lowest BCUT2D eigenvalue weighted by atomic mass is 10.2. The standard InChI is InChI=1S/C15H19NO5/c1-3-19-14-6-4-5-11(8-17)15(14)20-9-12-7-13(10-18-2)21-16-12/h4-7,17H,3,8-10H2,1-2H3. The van der Waals surface area contributed by atoms with Gasteiger partial charge in [0.2, 0.25) is 0 Å². The van der Waals surface area contributed by atoms with Gasteiger partial charge < -0.3 is 23.8 Å². The van der Waals surface area contributed by atoms with Gasteiger partial charge in [0.25, 0.3) is 0 Å². The number of para-hydroxylation sites is 1. The highest BCUT2D eigenvalue weighted by molar-refractivity contribution is 5.46. The Kier molecular flexibility index (Phi) is 5.59. The molecule has 0 unspecified atom stereocenters. The summed E-state index contributed by atoms with van der Waals surface area (Å²) in [5, 5.41) is 13.3. The van der Waals surface area contributed by atoms with Crippen molar-refractivity contribution >= 4 is 0 Å². The van der Waals surface area contributed by atoms with Crippen LogP contribution in [0.25, 0.3) is 0 Å². The molecule has 6 heteroatoms. The molecule has 0 aliphatic rings. The van der Waals surface area contributed by atoms with Gasteiger partial charge >= 0.3 is 0 Å². The summed E-state index contributed by atoms with van der Waals surface area (Å²) < 4.78 is 21.3. The molecule has 0 saturated carbocycles. The molecule has 114 valence electrons. The Labute approximate surface area is 123 Å². The van der Waals surface area contributed by atoms with E-state index >= 15 is 0 Å². The summed E-state index contributed by atoms with van der Waals surface area (Å²) in [7, 11) is 1.59. The molecule has 0 spiro atoms. The van der Waals surface area contributed by atoms with E-state index in [1.54, 1.807) is 25.3 Å². The van der Waals surface area contributed by atoms with E-state index < -0.39 is 0 Å². The molecule has 0 bridgehead atoms. The number of hydrogen-bond acceptors (Lipinski definition) is 6. The molecule has 2 aromatic rings. The molecule has 0 saturated heterocycles. The first kappa shape index (κ1) is 15.3. The van der Waals surface area contributed by atoms with Gasteiger partial charge in [0.05, 0.1) is 13.2 Å². The number of benzene rings is 1. The van der Waals surface area contributed by atoms with Gasteiger partial charge in [-0.3, -0.25) is 0 Å². The van der Waals surface area contributed by atoms with Crippen molar-refractivity contribution in [3.8, 4) is 11.5 Å². The number of aliphatic hydroxyl groups excluding tert-OH is 1. The Morgan fingerprint density at radius 2 is 2.10 bits per heavy atom. The van der Waals surface area contributed by atoms with Crippen LogP contribution >= 0.6 is 0 Å². The number of nitrogens with zero attached hydrogens (tertiary/aromatic N) is 1. The molecule has 6 nitrogen and oxygen atoms in total. The van der Waals surface area contributed by atoms with Crippen LogP contribution in [0.1, 0.15) is 23.9 Å². The topological polar surface area (TPSA) is 74.0 Å². The lowest BCUT2D eigenvalue weighted by Gasteiger charge is -2.14. The molecule has 0 aliphatic heterocycles. The first-order chi connectivity index (χ1) is 10.3. The van der Waals surface area contributed by atoms with Gasteiger partial charge in [-0.2, -0.15) is 0 Å². The molecule has 0 fully saturated rings. The van der Waals surface area contributed by atoms with Crippen LogP contribution in [0, 0.1) is 0 Å².